The fourth-order valence-corrected chi connectivity index (χ4v) is 1.86. The van der Waals surface area contributed by atoms with Crippen molar-refractivity contribution in [3.8, 4) is 11.8 Å². The molecule has 0 spiro atoms. The van der Waals surface area contributed by atoms with Crippen molar-refractivity contribution >= 4 is 11.6 Å². The summed E-state index contributed by atoms with van der Waals surface area (Å²) < 4.78 is 11.4. The van der Waals surface area contributed by atoms with Crippen molar-refractivity contribution in [2.45, 2.75) is 40.8 Å². The quantitative estimate of drug-likeness (QED) is 0.705. The van der Waals surface area contributed by atoms with Gasteiger partial charge in [-0.3, -0.25) is 4.90 Å². The molecule has 0 aliphatic heterocycles. The second-order valence-electron chi connectivity index (χ2n) is 5.25. The topological polar surface area (TPSA) is 99.5 Å². The second-order valence-corrected chi connectivity index (χ2v) is 5.25. The van der Waals surface area contributed by atoms with Gasteiger partial charge in [-0.1, -0.05) is 27.7 Å². The molecule has 0 radical (unpaired) electrons. The third-order valence-electron chi connectivity index (χ3n) is 3.06. The van der Waals surface area contributed by atoms with Crippen molar-refractivity contribution in [3.05, 3.63) is 0 Å². The van der Waals surface area contributed by atoms with Crippen LogP contribution in [0.5, 0.6) is 11.8 Å². The summed E-state index contributed by atoms with van der Waals surface area (Å²) in [6, 6.07) is 0. The monoisotopic (exact) mass is 297 g/mol. The highest BCUT2D eigenvalue weighted by atomic mass is 16.5. The van der Waals surface area contributed by atoms with E-state index in [2.05, 4.69) is 28.7 Å². The van der Waals surface area contributed by atoms with Crippen molar-refractivity contribution in [1.29, 1.82) is 0 Å². The van der Waals surface area contributed by atoms with Crippen LogP contribution in [0.3, 0.4) is 0 Å². The second kappa shape index (κ2) is 7.87. The Morgan fingerprint density at radius 2 is 1.62 bits per heavy atom. The van der Waals surface area contributed by atoms with Crippen LogP contribution in [0.4, 0.5) is 11.6 Å². The van der Waals surface area contributed by atoms with E-state index in [1.54, 1.807) is 0 Å². The highest BCUT2D eigenvalue weighted by Crippen LogP contribution is 2.30. The van der Waals surface area contributed by atoms with Crippen molar-refractivity contribution in [2.24, 2.45) is 5.92 Å². The van der Waals surface area contributed by atoms with E-state index in [9.17, 15) is 0 Å². The number of ether oxygens (including phenoxy) is 2. The number of nitrogens with two attached hydrogens (primary N) is 2. The maximum Gasteiger partial charge on any atom is 0.247 e. The van der Waals surface area contributed by atoms with E-state index < -0.39 is 0 Å². The lowest BCUT2D eigenvalue weighted by Crippen LogP contribution is -2.37. The summed E-state index contributed by atoms with van der Waals surface area (Å²) in [5.41, 5.74) is 12.0. The average Bonchev–Trinajstić information content (AvgIpc) is 2.42. The molecule has 0 fully saturated rings. The lowest BCUT2D eigenvalue weighted by Gasteiger charge is -2.26. The fraction of sp³-hybridized carbons (Fsp3) is 0.714. The summed E-state index contributed by atoms with van der Waals surface area (Å²) in [7, 11) is 0. The summed E-state index contributed by atoms with van der Waals surface area (Å²) in [6.07, 6.45) is -0.158. The van der Waals surface area contributed by atoms with Crippen LogP contribution in [0.2, 0.25) is 0 Å². The zero-order valence-corrected chi connectivity index (χ0v) is 13.6. The molecule has 120 valence electrons. The Hall–Kier alpha value is -1.76. The van der Waals surface area contributed by atoms with Gasteiger partial charge in [0, 0.05) is 0 Å². The summed E-state index contributed by atoms with van der Waals surface area (Å²) in [5.74, 6) is 0.989. The number of hydrogen-bond donors (Lipinski definition) is 2. The number of nitrogen functional groups attached to an aromatic ring is 2. The van der Waals surface area contributed by atoms with Gasteiger partial charge in [0.15, 0.2) is 11.9 Å². The molecular weight excluding hydrogens is 270 g/mol. The summed E-state index contributed by atoms with van der Waals surface area (Å²) in [5, 5.41) is 0. The van der Waals surface area contributed by atoms with Gasteiger partial charge in [0.05, 0.1) is 6.61 Å². The summed E-state index contributed by atoms with van der Waals surface area (Å²) in [6.45, 7) is 12.4. The zero-order chi connectivity index (χ0) is 16.0. The van der Waals surface area contributed by atoms with Crippen LogP contribution in [0.25, 0.3) is 0 Å². The molecule has 0 aliphatic carbocycles. The Balaban J connectivity index is 2.91. The zero-order valence-electron chi connectivity index (χ0n) is 13.6. The van der Waals surface area contributed by atoms with E-state index in [0.29, 0.717) is 12.5 Å². The number of rotatable bonds is 8. The van der Waals surface area contributed by atoms with Gasteiger partial charge < -0.3 is 20.9 Å². The van der Waals surface area contributed by atoms with Crippen LogP contribution >= 0.6 is 0 Å². The van der Waals surface area contributed by atoms with Crippen LogP contribution in [0.1, 0.15) is 34.6 Å². The third-order valence-corrected chi connectivity index (χ3v) is 3.06. The van der Waals surface area contributed by atoms with Crippen molar-refractivity contribution < 1.29 is 9.47 Å². The summed E-state index contributed by atoms with van der Waals surface area (Å²) in [4.78, 5) is 10.2. The van der Waals surface area contributed by atoms with E-state index in [0.717, 1.165) is 13.1 Å². The van der Waals surface area contributed by atoms with Crippen LogP contribution in [0.15, 0.2) is 0 Å². The Morgan fingerprint density at radius 3 is 2.14 bits per heavy atom. The van der Waals surface area contributed by atoms with Crippen LogP contribution < -0.4 is 20.9 Å². The van der Waals surface area contributed by atoms with Gasteiger partial charge in [0.25, 0.3) is 0 Å². The van der Waals surface area contributed by atoms with Gasteiger partial charge in [-0.15, -0.1) is 0 Å². The van der Waals surface area contributed by atoms with Gasteiger partial charge in [-0.05, 0) is 25.9 Å². The molecule has 4 N–H and O–H groups in total. The fourth-order valence-electron chi connectivity index (χ4n) is 1.86. The van der Waals surface area contributed by atoms with Crippen molar-refractivity contribution in [3.63, 3.8) is 0 Å². The molecular formula is C14H27N5O2. The minimum atomic E-state index is -0.158. The molecule has 1 atom stereocenters. The minimum Gasteiger partial charge on any atom is -0.476 e. The Morgan fingerprint density at radius 1 is 1.05 bits per heavy atom. The predicted molar refractivity (Wildman–Crippen MR) is 84.2 cm³/mol. The first-order valence-corrected chi connectivity index (χ1v) is 7.35. The lowest BCUT2D eigenvalue weighted by atomic mass is 10.2. The smallest absolute Gasteiger partial charge is 0.247 e. The van der Waals surface area contributed by atoms with Gasteiger partial charge in [-0.2, -0.15) is 9.97 Å². The van der Waals surface area contributed by atoms with Crippen LogP contribution in [0, 0.1) is 5.92 Å². The molecule has 1 aromatic rings. The molecule has 7 nitrogen and oxygen atoms in total. The van der Waals surface area contributed by atoms with E-state index in [-0.39, 0.29) is 29.6 Å². The van der Waals surface area contributed by atoms with Gasteiger partial charge in [0.2, 0.25) is 17.7 Å². The first-order valence-electron chi connectivity index (χ1n) is 7.35. The van der Waals surface area contributed by atoms with Crippen molar-refractivity contribution in [2.75, 3.05) is 31.2 Å². The average molecular weight is 297 g/mol. The van der Waals surface area contributed by atoms with Gasteiger partial charge in [-0.25, -0.2) is 0 Å². The lowest BCUT2D eigenvalue weighted by molar-refractivity contribution is 0.0447. The minimum absolute atomic E-state index is 0.0877. The molecule has 0 saturated carbocycles. The molecule has 1 rings (SSSR count). The molecule has 7 heteroatoms. The molecule has 21 heavy (non-hydrogen) atoms. The normalized spacial score (nSPS) is 12.7. The standard InChI is InChI=1S/C14H27N5O2/c1-6-19(7-2)10(5)21-13-11(15)12(17-14(16)18-13)20-8-9(3)4/h9-10H,6-8,15H2,1-5H3,(H2,16,17,18). The maximum atomic E-state index is 6.02. The molecule has 0 bridgehead atoms. The SMILES string of the molecule is CCN(CC)C(C)Oc1nc(N)nc(OCC(C)C)c1N. The van der Waals surface area contributed by atoms with E-state index in [1.807, 2.05) is 20.8 Å². The van der Waals surface area contributed by atoms with E-state index in [4.69, 9.17) is 20.9 Å². The van der Waals surface area contributed by atoms with E-state index >= 15 is 0 Å². The number of nitrogens with zero attached hydrogens (tertiary/aromatic N) is 3. The molecule has 0 amide bonds. The molecule has 0 saturated heterocycles. The largest absolute Gasteiger partial charge is 0.476 e. The van der Waals surface area contributed by atoms with Crippen LogP contribution in [-0.4, -0.2) is 40.8 Å². The number of anilines is 2. The number of aromatic nitrogens is 2. The summed E-state index contributed by atoms with van der Waals surface area (Å²) >= 11 is 0. The van der Waals surface area contributed by atoms with Gasteiger partial charge >= 0.3 is 0 Å². The third kappa shape index (κ3) is 4.93. The van der Waals surface area contributed by atoms with E-state index in [1.165, 1.54) is 0 Å². The van der Waals surface area contributed by atoms with Crippen LogP contribution in [-0.2, 0) is 0 Å². The molecule has 1 heterocycles. The van der Waals surface area contributed by atoms with Crippen molar-refractivity contribution in [1.82, 2.24) is 14.9 Å². The first kappa shape index (κ1) is 17.3. The molecule has 1 unspecified atom stereocenters. The highest BCUT2D eigenvalue weighted by molar-refractivity contribution is 5.58. The Bertz CT molecular complexity index is 449. The first-order chi connectivity index (χ1) is 9.88. The van der Waals surface area contributed by atoms with Gasteiger partial charge in [0.1, 0.15) is 0 Å². The molecule has 0 aromatic carbocycles. The maximum absolute atomic E-state index is 6.02. The molecule has 0 aliphatic rings. The highest BCUT2D eigenvalue weighted by Gasteiger charge is 2.18. The molecule has 1 aromatic heterocycles. The predicted octanol–water partition coefficient (Wildman–Crippen LogP) is 1.74. The Kier molecular flexibility index (Phi) is 6.48. The Labute approximate surface area is 126 Å². The number of hydrogen-bond acceptors (Lipinski definition) is 7.